The predicted octanol–water partition coefficient (Wildman–Crippen LogP) is 12.4. The van der Waals surface area contributed by atoms with E-state index in [0.717, 1.165) is 96.8 Å². The summed E-state index contributed by atoms with van der Waals surface area (Å²) in [6.07, 6.45) is 13.9. The number of hydrogen-bond donors (Lipinski definition) is 0. The van der Waals surface area contributed by atoms with Crippen LogP contribution in [0.1, 0.15) is 53.5 Å². The molecule has 0 radical (unpaired) electrons. The van der Waals surface area contributed by atoms with Crippen molar-refractivity contribution in [2.75, 3.05) is 26.4 Å². The molecule has 5 nitrogen and oxygen atoms in total. The van der Waals surface area contributed by atoms with Crippen molar-refractivity contribution in [1.29, 1.82) is 0 Å². The van der Waals surface area contributed by atoms with E-state index >= 15 is 0 Å². The van der Waals surface area contributed by atoms with Crippen LogP contribution < -0.4 is 39.6 Å². The van der Waals surface area contributed by atoms with Gasteiger partial charge in [-0.3, -0.25) is 0 Å². The van der Waals surface area contributed by atoms with Gasteiger partial charge in [0.05, 0.1) is 26.4 Å². The van der Waals surface area contributed by atoms with Gasteiger partial charge in [-0.15, -0.1) is 26.3 Å². The van der Waals surface area contributed by atoms with Gasteiger partial charge in [-0.1, -0.05) is 115 Å². The zero-order chi connectivity index (χ0) is 43.9. The maximum Gasteiger partial charge on any atom is 0.123 e. The molecule has 6 aromatic rings. The van der Waals surface area contributed by atoms with Crippen molar-refractivity contribution >= 4 is 23.8 Å². The molecule has 0 heterocycles. The fourth-order valence-corrected chi connectivity index (χ4v) is 9.45. The highest BCUT2D eigenvalue weighted by molar-refractivity contribution is 7.79. The van der Waals surface area contributed by atoms with Crippen LogP contribution in [-0.4, -0.2) is 26.4 Å². The maximum absolute atomic E-state index is 6.54. The Labute approximate surface area is 377 Å². The van der Waals surface area contributed by atoms with Gasteiger partial charge >= 0.3 is 0 Å². The van der Waals surface area contributed by atoms with Gasteiger partial charge in [0.1, 0.15) is 35.4 Å². The van der Waals surface area contributed by atoms with Gasteiger partial charge in [0.2, 0.25) is 0 Å². The molecule has 0 bridgehead atoms. The van der Waals surface area contributed by atoms with Crippen LogP contribution >= 0.6 is 7.92 Å². The third kappa shape index (κ3) is 15.2. The van der Waals surface area contributed by atoms with Crippen molar-refractivity contribution < 1.29 is 23.7 Å². The third-order valence-corrected chi connectivity index (χ3v) is 12.7. The zero-order valence-electron chi connectivity index (χ0n) is 36.6. The van der Waals surface area contributed by atoms with Gasteiger partial charge in [-0.25, -0.2) is 0 Å². The van der Waals surface area contributed by atoms with E-state index in [1.165, 1.54) is 27.0 Å². The quantitative estimate of drug-likeness (QED) is 0.0279. The highest BCUT2D eigenvalue weighted by Gasteiger charge is 2.16. The number of rotatable bonds is 28. The van der Waals surface area contributed by atoms with Crippen LogP contribution in [0.3, 0.4) is 0 Å². The molecule has 0 atom stereocenters. The van der Waals surface area contributed by atoms with Crippen LogP contribution in [-0.2, 0) is 32.3 Å². The van der Waals surface area contributed by atoms with E-state index in [1.54, 1.807) is 0 Å². The lowest BCUT2D eigenvalue weighted by atomic mass is 9.96. The molecule has 0 spiro atoms. The van der Waals surface area contributed by atoms with Gasteiger partial charge in [0.15, 0.2) is 0 Å². The summed E-state index contributed by atoms with van der Waals surface area (Å²) in [5.41, 5.74) is 5.95. The van der Waals surface area contributed by atoms with E-state index in [-0.39, 0.29) is 0 Å². The van der Waals surface area contributed by atoms with Crippen molar-refractivity contribution in [3.8, 4) is 28.7 Å². The molecule has 6 aromatic carbocycles. The first kappa shape index (κ1) is 46.2. The Morgan fingerprint density at radius 1 is 0.333 bits per heavy atom. The van der Waals surface area contributed by atoms with Crippen molar-refractivity contribution in [2.24, 2.45) is 0 Å². The summed E-state index contributed by atoms with van der Waals surface area (Å²) in [5.74, 6) is 4.07. The SMILES string of the molecule is C=CCCOc1cc(CCc2cc(CCc3cc(OCCC=C)cc(OCCC=C)c3)cc(COc3ccc(P(c4ccccc4)c4ccccc4)cc3)c2)cc(OCCC=C)c1. The summed E-state index contributed by atoms with van der Waals surface area (Å²) < 4.78 is 30.9. The van der Waals surface area contributed by atoms with Gasteiger partial charge < -0.3 is 23.7 Å². The normalized spacial score (nSPS) is 10.8. The van der Waals surface area contributed by atoms with E-state index in [2.05, 4.69) is 154 Å². The molecule has 0 aliphatic rings. The van der Waals surface area contributed by atoms with Crippen LogP contribution in [0, 0.1) is 0 Å². The summed E-state index contributed by atoms with van der Waals surface area (Å²) in [7, 11) is -0.696. The molecule has 0 saturated heterocycles. The largest absolute Gasteiger partial charge is 0.493 e. The molecule has 0 fully saturated rings. The second kappa shape index (κ2) is 25.6. The fourth-order valence-electron chi connectivity index (χ4n) is 7.17. The van der Waals surface area contributed by atoms with Crippen molar-refractivity contribution in [2.45, 2.75) is 58.0 Å². The van der Waals surface area contributed by atoms with Crippen LogP contribution in [0.25, 0.3) is 0 Å². The highest BCUT2D eigenvalue weighted by Crippen LogP contribution is 2.33. The molecule has 0 amide bonds. The minimum absolute atomic E-state index is 0.453. The molecule has 6 rings (SSSR count). The summed E-state index contributed by atoms with van der Waals surface area (Å²) >= 11 is 0. The van der Waals surface area contributed by atoms with Gasteiger partial charge in [-0.05, 0) is 139 Å². The fraction of sp³-hybridized carbons (Fsp3) is 0.228. The molecule has 0 aliphatic carbocycles. The number of hydrogen-bond acceptors (Lipinski definition) is 5. The number of benzene rings is 6. The minimum Gasteiger partial charge on any atom is -0.493 e. The van der Waals surface area contributed by atoms with Crippen molar-refractivity contribution in [1.82, 2.24) is 0 Å². The minimum atomic E-state index is -0.696. The Morgan fingerprint density at radius 2 is 0.667 bits per heavy atom. The molecular weight excluding hydrogens is 796 g/mol. The second-order valence-corrected chi connectivity index (χ2v) is 17.5. The number of ether oxygens (including phenoxy) is 5. The van der Waals surface area contributed by atoms with Crippen LogP contribution in [0.2, 0.25) is 0 Å². The Morgan fingerprint density at radius 3 is 1.03 bits per heavy atom. The van der Waals surface area contributed by atoms with Crippen LogP contribution in [0.15, 0.2) is 190 Å². The Kier molecular flexibility index (Phi) is 18.8. The molecule has 63 heavy (non-hydrogen) atoms. The van der Waals surface area contributed by atoms with E-state index in [9.17, 15) is 0 Å². The van der Waals surface area contributed by atoms with Crippen LogP contribution in [0.4, 0.5) is 0 Å². The van der Waals surface area contributed by atoms with Gasteiger partial charge in [0.25, 0.3) is 0 Å². The Hall–Kier alpha value is -6.29. The predicted molar refractivity (Wildman–Crippen MR) is 265 cm³/mol. The molecule has 0 saturated carbocycles. The molecule has 324 valence electrons. The third-order valence-electron chi connectivity index (χ3n) is 10.3. The molecule has 0 N–H and O–H groups in total. The van der Waals surface area contributed by atoms with Crippen molar-refractivity contribution in [3.63, 3.8) is 0 Å². The molecular formula is C57H61O5P. The average molecular weight is 857 g/mol. The summed E-state index contributed by atoms with van der Waals surface area (Å²) in [4.78, 5) is 0. The Balaban J connectivity index is 1.23. The number of aryl methyl sites for hydroxylation is 4. The monoisotopic (exact) mass is 856 g/mol. The molecule has 0 unspecified atom stereocenters. The standard InChI is InChI=1S/C57H61O5P/c1-5-9-31-58-51-38-47(39-52(42-51)59-32-10-6-2)25-23-45-35-46(24-26-48-40-53(60-33-11-7-3)43-54(41-48)61-34-12-8-4)37-49(36-45)44-62-50-27-29-57(30-28-50)63(55-19-15-13-16-20-55)56-21-17-14-18-22-56/h5-8,13-22,27-30,35-43H,1-4,9-12,23-26,31-34,44H2. The lowest BCUT2D eigenvalue weighted by molar-refractivity contribution is 0.306. The van der Waals surface area contributed by atoms with E-state index < -0.39 is 7.92 Å². The molecule has 0 aliphatic heterocycles. The first-order chi connectivity index (χ1) is 31.0. The van der Waals surface area contributed by atoms with E-state index in [1.807, 2.05) is 36.4 Å². The topological polar surface area (TPSA) is 46.2 Å². The summed E-state index contributed by atoms with van der Waals surface area (Å²) in [6, 6.07) is 49.6. The Bertz CT molecular complexity index is 2140. The zero-order valence-corrected chi connectivity index (χ0v) is 37.5. The molecule has 0 aromatic heterocycles. The van der Waals surface area contributed by atoms with Gasteiger partial charge in [-0.2, -0.15) is 0 Å². The maximum atomic E-state index is 6.54. The van der Waals surface area contributed by atoms with E-state index in [0.29, 0.717) is 33.0 Å². The van der Waals surface area contributed by atoms with Crippen LogP contribution in [0.5, 0.6) is 28.7 Å². The summed E-state index contributed by atoms with van der Waals surface area (Å²) in [5, 5.41) is 3.93. The summed E-state index contributed by atoms with van der Waals surface area (Å²) in [6.45, 7) is 18.1. The smallest absolute Gasteiger partial charge is 0.123 e. The average Bonchev–Trinajstić information content (AvgIpc) is 3.31. The molecule has 6 heteroatoms. The lowest BCUT2D eigenvalue weighted by Gasteiger charge is -2.19. The first-order valence-electron chi connectivity index (χ1n) is 22.0. The first-order valence-corrected chi connectivity index (χ1v) is 23.3. The highest BCUT2D eigenvalue weighted by atomic mass is 31.1. The van der Waals surface area contributed by atoms with E-state index in [4.69, 9.17) is 23.7 Å². The van der Waals surface area contributed by atoms with Gasteiger partial charge in [0, 0.05) is 12.1 Å². The lowest BCUT2D eigenvalue weighted by Crippen LogP contribution is -2.20. The second-order valence-electron chi connectivity index (χ2n) is 15.3. The van der Waals surface area contributed by atoms with Crippen molar-refractivity contribution in [3.05, 3.63) is 218 Å².